The van der Waals surface area contributed by atoms with Gasteiger partial charge in [0.2, 0.25) is 5.91 Å². The molecule has 1 amide bonds. The van der Waals surface area contributed by atoms with Gasteiger partial charge in [0, 0.05) is 30.1 Å². The van der Waals surface area contributed by atoms with Crippen LogP contribution in [0.15, 0.2) is 28.7 Å². The van der Waals surface area contributed by atoms with Crippen molar-refractivity contribution in [3.63, 3.8) is 0 Å². The zero-order valence-electron chi connectivity index (χ0n) is 14.5. The van der Waals surface area contributed by atoms with Gasteiger partial charge in [0.25, 0.3) is 0 Å². The average molecular weight is 397 g/mol. The van der Waals surface area contributed by atoms with Crippen LogP contribution in [0.5, 0.6) is 0 Å². The highest BCUT2D eigenvalue weighted by molar-refractivity contribution is 9.10. The number of amides is 1. The van der Waals surface area contributed by atoms with Crippen LogP contribution in [0.4, 0.5) is 0 Å². The number of benzene rings is 1. The van der Waals surface area contributed by atoms with Gasteiger partial charge in [0.1, 0.15) is 0 Å². The molecule has 0 aromatic heterocycles. The van der Waals surface area contributed by atoms with Crippen LogP contribution in [0.1, 0.15) is 38.2 Å². The first kappa shape index (κ1) is 19.4. The van der Waals surface area contributed by atoms with E-state index in [0.717, 1.165) is 56.3 Å². The average Bonchev–Trinajstić information content (AvgIpc) is 2.61. The summed E-state index contributed by atoms with van der Waals surface area (Å²) in [5.74, 6) is 0.340. The fourth-order valence-corrected chi connectivity index (χ4v) is 3.62. The van der Waals surface area contributed by atoms with Crippen molar-refractivity contribution in [1.82, 2.24) is 4.90 Å². The molecule has 0 radical (unpaired) electrons. The molecular formula is C19H29BrN2O2. The fraction of sp³-hybridized carbons (Fsp3) is 0.632. The predicted octanol–water partition coefficient (Wildman–Crippen LogP) is 3.37. The summed E-state index contributed by atoms with van der Waals surface area (Å²) in [6.07, 6.45) is 4.72. The van der Waals surface area contributed by atoms with Gasteiger partial charge in [-0.1, -0.05) is 41.1 Å². The highest BCUT2D eigenvalue weighted by Crippen LogP contribution is 2.24. The molecule has 0 spiro atoms. The Labute approximate surface area is 153 Å². The van der Waals surface area contributed by atoms with Gasteiger partial charge in [0.05, 0.1) is 6.10 Å². The molecule has 1 unspecified atom stereocenters. The Morgan fingerprint density at radius 1 is 1.38 bits per heavy atom. The number of hydrogen-bond acceptors (Lipinski definition) is 3. The molecule has 0 saturated carbocycles. The van der Waals surface area contributed by atoms with Crippen LogP contribution < -0.4 is 5.73 Å². The lowest BCUT2D eigenvalue weighted by Crippen LogP contribution is -2.44. The van der Waals surface area contributed by atoms with Crippen molar-refractivity contribution in [3.8, 4) is 0 Å². The Bertz CT molecular complexity index is 516. The van der Waals surface area contributed by atoms with E-state index in [2.05, 4.69) is 28.9 Å². The van der Waals surface area contributed by atoms with Crippen molar-refractivity contribution in [2.24, 2.45) is 11.7 Å². The summed E-state index contributed by atoms with van der Waals surface area (Å²) in [5, 5.41) is 0. The van der Waals surface area contributed by atoms with Gasteiger partial charge in [-0.25, -0.2) is 0 Å². The lowest BCUT2D eigenvalue weighted by atomic mass is 9.94. The molecule has 1 aliphatic heterocycles. The predicted molar refractivity (Wildman–Crippen MR) is 101 cm³/mol. The first-order valence-electron chi connectivity index (χ1n) is 8.99. The van der Waals surface area contributed by atoms with E-state index in [9.17, 15) is 4.79 Å². The third-order valence-electron chi connectivity index (χ3n) is 4.72. The van der Waals surface area contributed by atoms with Crippen molar-refractivity contribution in [3.05, 3.63) is 34.3 Å². The van der Waals surface area contributed by atoms with Gasteiger partial charge in [-0.2, -0.15) is 0 Å². The molecular weight excluding hydrogens is 368 g/mol. The van der Waals surface area contributed by atoms with E-state index in [0.29, 0.717) is 6.54 Å². The molecule has 134 valence electrons. The first-order chi connectivity index (χ1) is 11.7. The van der Waals surface area contributed by atoms with E-state index in [-0.39, 0.29) is 17.9 Å². The van der Waals surface area contributed by atoms with Crippen LogP contribution in [0.2, 0.25) is 0 Å². The molecule has 24 heavy (non-hydrogen) atoms. The topological polar surface area (TPSA) is 55.6 Å². The summed E-state index contributed by atoms with van der Waals surface area (Å²) in [5.41, 5.74) is 6.70. The Kier molecular flexibility index (Phi) is 8.22. The highest BCUT2D eigenvalue weighted by atomic mass is 79.9. The monoisotopic (exact) mass is 396 g/mol. The number of piperidine rings is 1. The Morgan fingerprint density at radius 2 is 2.08 bits per heavy atom. The number of carbonyl (C=O) groups excluding carboxylic acids is 1. The van der Waals surface area contributed by atoms with Crippen LogP contribution in [0, 0.1) is 5.92 Å². The second kappa shape index (κ2) is 10.2. The second-order valence-electron chi connectivity index (χ2n) is 6.44. The Balaban J connectivity index is 1.85. The highest BCUT2D eigenvalue weighted by Gasteiger charge is 2.28. The number of carbonyl (C=O) groups is 1. The van der Waals surface area contributed by atoms with E-state index in [1.807, 2.05) is 23.1 Å². The summed E-state index contributed by atoms with van der Waals surface area (Å²) < 4.78 is 6.91. The Hall–Kier alpha value is -0.910. The molecule has 4 nitrogen and oxygen atoms in total. The van der Waals surface area contributed by atoms with Gasteiger partial charge < -0.3 is 15.4 Å². The molecule has 1 aromatic rings. The van der Waals surface area contributed by atoms with Crippen molar-refractivity contribution < 1.29 is 9.53 Å². The maximum atomic E-state index is 12.9. The molecule has 1 saturated heterocycles. The number of halogens is 1. The van der Waals surface area contributed by atoms with Gasteiger partial charge in [0.15, 0.2) is 0 Å². The summed E-state index contributed by atoms with van der Waals surface area (Å²) >= 11 is 3.59. The lowest BCUT2D eigenvalue weighted by molar-refractivity contribution is -0.138. The van der Waals surface area contributed by atoms with Gasteiger partial charge in [-0.3, -0.25) is 4.79 Å². The lowest BCUT2D eigenvalue weighted by Gasteiger charge is -2.34. The maximum Gasteiger partial charge on any atom is 0.226 e. The van der Waals surface area contributed by atoms with Gasteiger partial charge in [-0.05, 0) is 50.3 Å². The molecule has 0 bridgehead atoms. The number of likely N-dealkylation sites (tertiary alicyclic amines) is 1. The van der Waals surface area contributed by atoms with Crippen LogP contribution in [-0.2, 0) is 16.0 Å². The molecule has 1 aliphatic rings. The minimum absolute atomic E-state index is 0.0541. The number of hydrogen-bond donors (Lipinski definition) is 1. The van der Waals surface area contributed by atoms with Crippen LogP contribution >= 0.6 is 15.9 Å². The molecule has 2 rings (SSSR count). The minimum Gasteiger partial charge on any atom is -0.378 e. The molecule has 1 atom stereocenters. The van der Waals surface area contributed by atoms with Gasteiger partial charge in [-0.15, -0.1) is 0 Å². The Morgan fingerprint density at radius 3 is 2.71 bits per heavy atom. The minimum atomic E-state index is 0.0541. The smallest absolute Gasteiger partial charge is 0.226 e. The van der Waals surface area contributed by atoms with Gasteiger partial charge >= 0.3 is 0 Å². The third kappa shape index (κ3) is 5.57. The van der Waals surface area contributed by atoms with Crippen molar-refractivity contribution in [2.75, 3.05) is 26.2 Å². The van der Waals surface area contributed by atoms with Crippen molar-refractivity contribution in [2.45, 2.75) is 45.1 Å². The normalized spacial score (nSPS) is 17.0. The second-order valence-corrected chi connectivity index (χ2v) is 7.29. The molecule has 2 N–H and O–H groups in total. The number of ether oxygens (including phenoxy) is 1. The largest absolute Gasteiger partial charge is 0.378 e. The van der Waals surface area contributed by atoms with E-state index in [4.69, 9.17) is 10.5 Å². The maximum absolute atomic E-state index is 12.9. The number of nitrogens with two attached hydrogens (primary N) is 1. The van der Waals surface area contributed by atoms with Crippen molar-refractivity contribution >= 4 is 21.8 Å². The third-order valence-corrected chi connectivity index (χ3v) is 5.50. The molecule has 1 heterocycles. The summed E-state index contributed by atoms with van der Waals surface area (Å²) in [7, 11) is 0. The van der Waals surface area contributed by atoms with E-state index < -0.39 is 0 Å². The van der Waals surface area contributed by atoms with Crippen LogP contribution in [0.25, 0.3) is 0 Å². The molecule has 0 aliphatic carbocycles. The van der Waals surface area contributed by atoms with Crippen LogP contribution in [0.3, 0.4) is 0 Å². The number of rotatable bonds is 8. The van der Waals surface area contributed by atoms with E-state index in [1.165, 1.54) is 5.56 Å². The van der Waals surface area contributed by atoms with Crippen molar-refractivity contribution in [1.29, 1.82) is 0 Å². The fourth-order valence-electron chi connectivity index (χ4n) is 3.17. The molecule has 1 fully saturated rings. The summed E-state index contributed by atoms with van der Waals surface area (Å²) in [6.45, 7) is 5.11. The molecule has 1 aromatic carbocycles. The van der Waals surface area contributed by atoms with E-state index in [1.54, 1.807) is 0 Å². The zero-order chi connectivity index (χ0) is 17.4. The summed E-state index contributed by atoms with van der Waals surface area (Å²) in [6, 6.07) is 8.17. The quantitative estimate of drug-likeness (QED) is 0.685. The number of nitrogens with zero attached hydrogens (tertiary/aromatic N) is 1. The molecule has 5 heteroatoms. The zero-order valence-corrected chi connectivity index (χ0v) is 16.1. The SMILES string of the molecule is CCC(Cc1ccccc1Br)C(=O)N1CCC(OCCCN)CC1. The first-order valence-corrected chi connectivity index (χ1v) is 9.78. The van der Waals surface area contributed by atoms with Crippen LogP contribution in [-0.4, -0.2) is 43.2 Å². The summed E-state index contributed by atoms with van der Waals surface area (Å²) in [4.78, 5) is 14.9. The standard InChI is InChI=1S/C19H29BrN2O2/c1-2-15(14-16-6-3-4-7-18(16)20)19(23)22-11-8-17(9-12-22)24-13-5-10-21/h3-4,6-7,15,17H,2,5,8-14,21H2,1H3. The van der Waals surface area contributed by atoms with E-state index >= 15 is 0 Å².